The molecule has 4 N–H and O–H groups in total. The number of carboxylic acid groups (broad SMARTS) is 2. The molecule has 0 aliphatic rings. The molecule has 6 rings (SSSR count). The molecule has 0 unspecified atom stereocenters. The van der Waals surface area contributed by atoms with Crippen LogP contribution in [-0.4, -0.2) is 40.9 Å². The van der Waals surface area contributed by atoms with Crippen LogP contribution in [-0.2, 0) is 5.41 Å². The molecule has 0 aliphatic heterocycles. The number of benzene rings is 6. The number of amides is 1. The van der Waals surface area contributed by atoms with E-state index < -0.39 is 23.3 Å². The van der Waals surface area contributed by atoms with Gasteiger partial charge >= 0.3 is 11.9 Å². The van der Waals surface area contributed by atoms with Gasteiger partial charge in [-0.25, -0.2) is 9.59 Å². The topological polar surface area (TPSA) is 160 Å². The molecular formula is C45H38N2O9. The normalized spacial score (nSPS) is 10.9. The fraction of sp³-hybridized carbons (Fsp3) is 0.111. The van der Waals surface area contributed by atoms with Crippen molar-refractivity contribution >= 4 is 35.0 Å². The second kappa shape index (κ2) is 16.3. The van der Waals surface area contributed by atoms with Gasteiger partial charge in [-0.05, 0) is 127 Å². The first kappa shape index (κ1) is 38.3. The predicted molar refractivity (Wildman–Crippen MR) is 212 cm³/mol. The Morgan fingerprint density at radius 1 is 0.482 bits per heavy atom. The van der Waals surface area contributed by atoms with Gasteiger partial charge in [0.2, 0.25) is 0 Å². The molecule has 6 aromatic carbocycles. The summed E-state index contributed by atoms with van der Waals surface area (Å²) in [5.41, 5.74) is 2.68. The van der Waals surface area contributed by atoms with Gasteiger partial charge < -0.3 is 35.1 Å². The Labute approximate surface area is 323 Å². The molecule has 0 saturated carbocycles. The zero-order chi connectivity index (χ0) is 40.0. The fourth-order valence-electron chi connectivity index (χ4n) is 5.98. The number of Topliss-reactive ketones (excluding diaryl/α,β-unsaturated/α-hetero) is 1. The van der Waals surface area contributed by atoms with Crippen LogP contribution in [0.3, 0.4) is 0 Å². The number of carboxylic acids is 2. The van der Waals surface area contributed by atoms with E-state index in [2.05, 4.69) is 24.5 Å². The number of ketones is 1. The van der Waals surface area contributed by atoms with Crippen molar-refractivity contribution < 1.29 is 43.6 Å². The number of nitrogens with one attached hydrogen (secondary N) is 2. The Kier molecular flexibility index (Phi) is 11.2. The molecule has 6 aromatic rings. The van der Waals surface area contributed by atoms with E-state index in [1.54, 1.807) is 60.7 Å². The van der Waals surface area contributed by atoms with Crippen molar-refractivity contribution in [3.05, 3.63) is 167 Å². The summed E-state index contributed by atoms with van der Waals surface area (Å²) in [5, 5.41) is 25.3. The van der Waals surface area contributed by atoms with E-state index in [0.29, 0.717) is 34.4 Å². The predicted octanol–water partition coefficient (Wildman–Crippen LogP) is 10.3. The summed E-state index contributed by atoms with van der Waals surface area (Å²) in [6, 6.07) is 37.6. The molecule has 282 valence electrons. The average Bonchev–Trinajstić information content (AvgIpc) is 3.19. The molecule has 0 fully saturated rings. The maximum absolute atomic E-state index is 13.2. The first-order valence-electron chi connectivity index (χ1n) is 17.5. The number of rotatable bonds is 14. The number of ether oxygens (including phenoxy) is 3. The van der Waals surface area contributed by atoms with E-state index in [9.17, 15) is 29.4 Å². The Morgan fingerprint density at radius 3 is 1.25 bits per heavy atom. The van der Waals surface area contributed by atoms with E-state index in [-0.39, 0.29) is 33.8 Å². The highest BCUT2D eigenvalue weighted by molar-refractivity contribution is 6.11. The quantitative estimate of drug-likeness (QED) is 0.0789. The molecule has 0 aromatic heterocycles. The monoisotopic (exact) mass is 750 g/mol. The molecule has 0 spiro atoms. The van der Waals surface area contributed by atoms with Gasteiger partial charge in [-0.15, -0.1) is 0 Å². The highest BCUT2D eigenvalue weighted by Crippen LogP contribution is 2.35. The number of anilines is 2. The molecule has 11 heteroatoms. The minimum absolute atomic E-state index is 0.0285. The molecule has 56 heavy (non-hydrogen) atoms. The van der Waals surface area contributed by atoms with Crippen molar-refractivity contribution in [2.45, 2.75) is 26.2 Å². The van der Waals surface area contributed by atoms with Crippen LogP contribution in [0.2, 0.25) is 0 Å². The zero-order valence-corrected chi connectivity index (χ0v) is 31.0. The largest absolute Gasteiger partial charge is 0.478 e. The Hall–Kier alpha value is -7.40. The van der Waals surface area contributed by atoms with Gasteiger partial charge in [0.15, 0.2) is 5.78 Å². The number of hydrogen-bond donors (Lipinski definition) is 4. The van der Waals surface area contributed by atoms with Gasteiger partial charge in [0, 0.05) is 29.4 Å². The summed E-state index contributed by atoms with van der Waals surface area (Å²) in [6.07, 6.45) is 0. The molecular weight excluding hydrogens is 713 g/mol. The lowest BCUT2D eigenvalue weighted by Crippen LogP contribution is -2.18. The van der Waals surface area contributed by atoms with Crippen LogP contribution in [0.15, 0.2) is 133 Å². The third-order valence-corrected chi connectivity index (χ3v) is 9.18. The van der Waals surface area contributed by atoms with Gasteiger partial charge in [-0.3, -0.25) is 9.59 Å². The lowest BCUT2D eigenvalue weighted by Gasteiger charge is -2.26. The van der Waals surface area contributed by atoms with E-state index >= 15 is 0 Å². The van der Waals surface area contributed by atoms with Crippen molar-refractivity contribution in [1.82, 2.24) is 0 Å². The summed E-state index contributed by atoms with van der Waals surface area (Å²) in [4.78, 5) is 48.9. The SMILES string of the molecule is CNc1ccc(Oc2ccc(NC(=O)c3ccc(Oc4ccc(C(C)(C)c5ccc(Oc6ccc(C(C)=O)c(C(=O)O)c6)cc5)cc4)cc3C(=O)O)cc2)cc1. The van der Waals surface area contributed by atoms with Crippen LogP contribution < -0.4 is 24.8 Å². The van der Waals surface area contributed by atoms with Crippen LogP contribution in [0.25, 0.3) is 0 Å². The van der Waals surface area contributed by atoms with Gasteiger partial charge in [0.25, 0.3) is 5.91 Å². The number of carbonyl (C=O) groups excluding carboxylic acids is 2. The average molecular weight is 751 g/mol. The molecule has 1 amide bonds. The Bertz CT molecular complexity index is 2400. The lowest BCUT2D eigenvalue weighted by molar-refractivity contribution is 0.0683. The van der Waals surface area contributed by atoms with E-state index in [1.807, 2.05) is 55.6 Å². The molecule has 0 atom stereocenters. The standard InChI is InChI=1S/C45H38N2O9/c1-27(48)38-23-21-36(25-40(38)43(50)51)55-32-13-5-28(6-14-32)45(2,3)29-7-15-33(16-8-29)56-37-22-24-39(41(26-37)44(52)53)42(49)47-31-11-19-35(20-12-31)54-34-17-9-30(46-4)10-18-34/h5-26,46H,1-4H3,(H,47,49)(H,50,51)(H,52,53). The summed E-state index contributed by atoms with van der Waals surface area (Å²) in [5.74, 6) is -0.695. The highest BCUT2D eigenvalue weighted by atomic mass is 16.5. The second-order valence-electron chi connectivity index (χ2n) is 13.3. The van der Waals surface area contributed by atoms with Crippen molar-refractivity contribution in [3.63, 3.8) is 0 Å². The summed E-state index contributed by atoms with van der Waals surface area (Å²) < 4.78 is 17.7. The van der Waals surface area contributed by atoms with Crippen LogP contribution in [0.4, 0.5) is 11.4 Å². The van der Waals surface area contributed by atoms with Crippen molar-refractivity contribution in [3.8, 4) is 34.5 Å². The van der Waals surface area contributed by atoms with Crippen LogP contribution in [0, 0.1) is 0 Å². The molecule has 11 nitrogen and oxygen atoms in total. The summed E-state index contributed by atoms with van der Waals surface area (Å²) in [7, 11) is 1.83. The number of carbonyl (C=O) groups is 4. The van der Waals surface area contributed by atoms with Gasteiger partial charge in [0.05, 0.1) is 16.7 Å². The minimum atomic E-state index is -1.28. The minimum Gasteiger partial charge on any atom is -0.478 e. The molecule has 0 heterocycles. The third-order valence-electron chi connectivity index (χ3n) is 9.18. The fourth-order valence-corrected chi connectivity index (χ4v) is 5.98. The van der Waals surface area contributed by atoms with Crippen molar-refractivity contribution in [1.29, 1.82) is 0 Å². The molecule has 0 bridgehead atoms. The lowest BCUT2D eigenvalue weighted by atomic mass is 9.78. The number of hydrogen-bond acceptors (Lipinski definition) is 8. The summed E-state index contributed by atoms with van der Waals surface area (Å²) in [6.45, 7) is 5.44. The van der Waals surface area contributed by atoms with E-state index in [0.717, 1.165) is 16.8 Å². The first-order valence-corrected chi connectivity index (χ1v) is 17.5. The first-order chi connectivity index (χ1) is 26.8. The Balaban J connectivity index is 1.09. The smallest absolute Gasteiger partial charge is 0.336 e. The highest BCUT2D eigenvalue weighted by Gasteiger charge is 2.24. The maximum atomic E-state index is 13.2. The van der Waals surface area contributed by atoms with Gasteiger partial charge in [-0.2, -0.15) is 0 Å². The van der Waals surface area contributed by atoms with Crippen LogP contribution in [0.5, 0.6) is 34.5 Å². The molecule has 0 saturated heterocycles. The van der Waals surface area contributed by atoms with E-state index in [4.69, 9.17) is 14.2 Å². The van der Waals surface area contributed by atoms with Gasteiger partial charge in [0.1, 0.15) is 34.5 Å². The molecule has 0 radical (unpaired) electrons. The maximum Gasteiger partial charge on any atom is 0.336 e. The van der Waals surface area contributed by atoms with E-state index in [1.165, 1.54) is 31.2 Å². The molecule has 0 aliphatic carbocycles. The number of aromatic carboxylic acids is 2. The van der Waals surface area contributed by atoms with Crippen molar-refractivity contribution in [2.75, 3.05) is 17.7 Å². The van der Waals surface area contributed by atoms with Crippen LogP contribution in [0.1, 0.15) is 73.3 Å². The summed E-state index contributed by atoms with van der Waals surface area (Å²) >= 11 is 0. The third kappa shape index (κ3) is 8.86. The second-order valence-corrected chi connectivity index (χ2v) is 13.3. The van der Waals surface area contributed by atoms with Gasteiger partial charge in [-0.1, -0.05) is 38.1 Å². The Morgan fingerprint density at radius 2 is 0.839 bits per heavy atom. The van der Waals surface area contributed by atoms with Crippen molar-refractivity contribution in [2.24, 2.45) is 0 Å². The van der Waals surface area contributed by atoms with Crippen LogP contribution >= 0.6 is 0 Å². The zero-order valence-electron chi connectivity index (χ0n) is 31.0.